The van der Waals surface area contributed by atoms with Gasteiger partial charge >= 0.3 is 0 Å². The summed E-state index contributed by atoms with van der Waals surface area (Å²) in [5.74, 6) is 0. The molecule has 0 fully saturated rings. The Morgan fingerprint density at radius 1 is 1.73 bits per heavy atom. The van der Waals surface area contributed by atoms with Crippen LogP contribution in [0.2, 0.25) is 0 Å². The number of aliphatic hydroxyl groups excluding tert-OH is 1. The summed E-state index contributed by atoms with van der Waals surface area (Å²) in [4.78, 5) is 10.1. The van der Waals surface area contributed by atoms with Crippen LogP contribution in [-0.4, -0.2) is 34.2 Å². The molecule has 0 aromatic rings. The third-order valence-electron chi connectivity index (χ3n) is 1.73. The predicted octanol–water partition coefficient (Wildman–Crippen LogP) is -0.966. The third-order valence-corrected chi connectivity index (χ3v) is 1.73. The Morgan fingerprint density at radius 3 is 2.45 bits per heavy atom. The summed E-state index contributed by atoms with van der Waals surface area (Å²) in [5.41, 5.74) is 4.11. The number of rotatable bonds is 4. The first-order valence-corrected chi connectivity index (χ1v) is 3.51. The van der Waals surface area contributed by atoms with E-state index >= 15 is 0 Å². The van der Waals surface area contributed by atoms with Crippen molar-refractivity contribution in [3.05, 3.63) is 0 Å². The summed E-state index contributed by atoms with van der Waals surface area (Å²) in [6.45, 7) is 2.91. The van der Waals surface area contributed by atoms with Crippen molar-refractivity contribution in [3.63, 3.8) is 0 Å². The highest BCUT2D eigenvalue weighted by molar-refractivity contribution is 5.51. The van der Waals surface area contributed by atoms with Gasteiger partial charge in [0.2, 0.25) is 0 Å². The van der Waals surface area contributed by atoms with Crippen LogP contribution < -0.4 is 5.73 Å². The molecule has 66 valence electrons. The van der Waals surface area contributed by atoms with Crippen LogP contribution in [0.4, 0.5) is 0 Å². The van der Waals surface area contributed by atoms with E-state index in [1.54, 1.807) is 0 Å². The lowest BCUT2D eigenvalue weighted by atomic mass is 9.91. The summed E-state index contributed by atoms with van der Waals surface area (Å²) in [7, 11) is 0. The Balaban J connectivity index is 4.15. The number of nitrogens with two attached hydrogens (primary N) is 1. The standard InChI is InChI=1S/C7H15NO3/c1-5(10)6(8)7(2,11)3-4-9/h4-6,10-11H,3,8H2,1-2H3/t5-,6-,7+/m1/s1. The Kier molecular flexibility index (Phi) is 3.65. The van der Waals surface area contributed by atoms with Gasteiger partial charge in [-0.3, -0.25) is 0 Å². The second-order valence-corrected chi connectivity index (χ2v) is 2.99. The van der Waals surface area contributed by atoms with Crippen LogP contribution in [0.5, 0.6) is 0 Å². The van der Waals surface area contributed by atoms with Gasteiger partial charge in [-0.15, -0.1) is 0 Å². The molecule has 4 nitrogen and oxygen atoms in total. The molecule has 0 saturated carbocycles. The molecule has 0 saturated heterocycles. The Hall–Kier alpha value is -0.450. The van der Waals surface area contributed by atoms with Gasteiger partial charge in [0, 0.05) is 6.42 Å². The molecular formula is C7H15NO3. The molecule has 0 aromatic heterocycles. The minimum atomic E-state index is -1.31. The zero-order valence-corrected chi connectivity index (χ0v) is 6.82. The predicted molar refractivity (Wildman–Crippen MR) is 41.0 cm³/mol. The molecule has 0 aliphatic rings. The fraction of sp³-hybridized carbons (Fsp3) is 0.857. The van der Waals surface area contributed by atoms with Crippen molar-refractivity contribution in [1.29, 1.82) is 0 Å². The van der Waals surface area contributed by atoms with Gasteiger partial charge < -0.3 is 20.7 Å². The molecule has 0 rings (SSSR count). The first kappa shape index (κ1) is 10.6. The van der Waals surface area contributed by atoms with E-state index < -0.39 is 17.7 Å². The second-order valence-electron chi connectivity index (χ2n) is 2.99. The van der Waals surface area contributed by atoms with Crippen molar-refractivity contribution in [2.45, 2.75) is 38.0 Å². The summed E-state index contributed by atoms with van der Waals surface area (Å²) < 4.78 is 0. The van der Waals surface area contributed by atoms with E-state index in [2.05, 4.69) is 0 Å². The molecule has 0 spiro atoms. The average Bonchev–Trinajstić information content (AvgIpc) is 1.86. The summed E-state index contributed by atoms with van der Waals surface area (Å²) in [5, 5.41) is 18.4. The van der Waals surface area contributed by atoms with Crippen LogP contribution in [0.25, 0.3) is 0 Å². The first-order chi connectivity index (χ1) is 4.91. The highest BCUT2D eigenvalue weighted by atomic mass is 16.3. The average molecular weight is 161 g/mol. The quantitative estimate of drug-likeness (QED) is 0.463. The topological polar surface area (TPSA) is 83.6 Å². The van der Waals surface area contributed by atoms with Gasteiger partial charge in [-0.05, 0) is 13.8 Å². The van der Waals surface area contributed by atoms with E-state index in [1.807, 2.05) is 0 Å². The van der Waals surface area contributed by atoms with Crippen molar-refractivity contribution in [2.24, 2.45) is 5.73 Å². The van der Waals surface area contributed by atoms with Gasteiger partial charge in [0.25, 0.3) is 0 Å². The van der Waals surface area contributed by atoms with Crippen LogP contribution >= 0.6 is 0 Å². The Bertz CT molecular complexity index is 134. The highest BCUT2D eigenvalue weighted by Gasteiger charge is 2.31. The lowest BCUT2D eigenvalue weighted by Crippen LogP contribution is -2.52. The lowest BCUT2D eigenvalue weighted by molar-refractivity contribution is -0.113. The summed E-state index contributed by atoms with van der Waals surface area (Å²) in [6.07, 6.45) is -0.286. The zero-order chi connectivity index (χ0) is 9.07. The van der Waals surface area contributed by atoms with Crippen LogP contribution in [0, 0.1) is 0 Å². The van der Waals surface area contributed by atoms with E-state index in [1.165, 1.54) is 13.8 Å². The van der Waals surface area contributed by atoms with Crippen molar-refractivity contribution in [2.75, 3.05) is 0 Å². The van der Waals surface area contributed by atoms with Gasteiger partial charge in [-0.25, -0.2) is 0 Å². The molecule has 0 bridgehead atoms. The minimum absolute atomic E-state index is 0.0565. The zero-order valence-electron chi connectivity index (χ0n) is 6.82. The van der Waals surface area contributed by atoms with Crippen LogP contribution in [0.1, 0.15) is 20.3 Å². The Morgan fingerprint density at radius 2 is 2.18 bits per heavy atom. The van der Waals surface area contributed by atoms with Gasteiger partial charge in [0.15, 0.2) is 0 Å². The van der Waals surface area contributed by atoms with E-state index in [4.69, 9.17) is 10.8 Å². The molecule has 0 aliphatic carbocycles. The largest absolute Gasteiger partial charge is 0.392 e. The van der Waals surface area contributed by atoms with Crippen LogP contribution in [-0.2, 0) is 4.79 Å². The molecule has 0 heterocycles. The highest BCUT2D eigenvalue weighted by Crippen LogP contribution is 2.13. The van der Waals surface area contributed by atoms with Gasteiger partial charge in [-0.2, -0.15) is 0 Å². The first-order valence-electron chi connectivity index (χ1n) is 3.51. The summed E-state index contributed by atoms with van der Waals surface area (Å²) >= 11 is 0. The monoisotopic (exact) mass is 161 g/mol. The maximum Gasteiger partial charge on any atom is 0.122 e. The smallest absolute Gasteiger partial charge is 0.122 e. The molecule has 0 aromatic carbocycles. The number of hydrogen-bond acceptors (Lipinski definition) is 4. The van der Waals surface area contributed by atoms with Gasteiger partial charge in [-0.1, -0.05) is 0 Å². The SMILES string of the molecule is C[C@@H](O)[C@@H](N)[C@@](C)(O)CC=O. The van der Waals surface area contributed by atoms with Crippen LogP contribution in [0.3, 0.4) is 0 Å². The van der Waals surface area contributed by atoms with E-state index in [0.29, 0.717) is 6.29 Å². The Labute approximate surface area is 66.0 Å². The molecule has 0 amide bonds. The number of aldehydes is 1. The summed E-state index contributed by atoms with van der Waals surface area (Å²) in [6, 6.07) is -0.785. The lowest BCUT2D eigenvalue weighted by Gasteiger charge is -2.30. The number of carbonyl (C=O) groups is 1. The molecule has 4 N–H and O–H groups in total. The molecule has 0 unspecified atom stereocenters. The van der Waals surface area contributed by atoms with Gasteiger partial charge in [0.1, 0.15) is 6.29 Å². The maximum absolute atomic E-state index is 10.1. The fourth-order valence-electron chi connectivity index (χ4n) is 0.824. The molecule has 3 atom stereocenters. The van der Waals surface area contributed by atoms with Crippen molar-refractivity contribution in [1.82, 2.24) is 0 Å². The number of hydrogen-bond donors (Lipinski definition) is 3. The van der Waals surface area contributed by atoms with E-state index in [9.17, 15) is 9.90 Å². The fourth-order valence-corrected chi connectivity index (χ4v) is 0.824. The number of carbonyl (C=O) groups excluding carboxylic acids is 1. The van der Waals surface area contributed by atoms with Crippen molar-refractivity contribution < 1.29 is 15.0 Å². The maximum atomic E-state index is 10.1. The van der Waals surface area contributed by atoms with Crippen LogP contribution in [0.15, 0.2) is 0 Å². The van der Waals surface area contributed by atoms with E-state index in [-0.39, 0.29) is 6.42 Å². The molecule has 0 radical (unpaired) electrons. The molecule has 4 heteroatoms. The van der Waals surface area contributed by atoms with Gasteiger partial charge in [0.05, 0.1) is 17.7 Å². The third kappa shape index (κ3) is 2.96. The van der Waals surface area contributed by atoms with Crippen molar-refractivity contribution in [3.8, 4) is 0 Å². The minimum Gasteiger partial charge on any atom is -0.392 e. The van der Waals surface area contributed by atoms with Crippen molar-refractivity contribution >= 4 is 6.29 Å². The normalized spacial score (nSPS) is 21.9. The number of aliphatic hydroxyl groups is 2. The van der Waals surface area contributed by atoms with E-state index in [0.717, 1.165) is 0 Å². The molecule has 11 heavy (non-hydrogen) atoms. The molecular weight excluding hydrogens is 146 g/mol. The molecule has 0 aliphatic heterocycles. The second kappa shape index (κ2) is 3.80.